The molecule has 20 heavy (non-hydrogen) atoms. The van der Waals surface area contributed by atoms with E-state index in [0.717, 1.165) is 17.5 Å². The second-order valence-corrected chi connectivity index (χ2v) is 5.43. The molecule has 0 aromatic heterocycles. The Balaban J connectivity index is 2.62. The van der Waals surface area contributed by atoms with Gasteiger partial charge in [0.2, 0.25) is 5.91 Å². The zero-order valence-electron chi connectivity index (χ0n) is 12.9. The summed E-state index contributed by atoms with van der Waals surface area (Å²) in [6, 6.07) is 8.07. The lowest BCUT2D eigenvalue weighted by atomic mass is 10.0. The first-order valence-corrected chi connectivity index (χ1v) is 7.08. The molecule has 0 radical (unpaired) electrons. The Morgan fingerprint density at radius 3 is 2.60 bits per heavy atom. The van der Waals surface area contributed by atoms with Gasteiger partial charge in [-0.25, -0.2) is 0 Å². The molecule has 0 bridgehead atoms. The second-order valence-electron chi connectivity index (χ2n) is 5.43. The number of nitrogens with one attached hydrogen (secondary N) is 2. The number of hydrogen-bond donors (Lipinski definition) is 2. The van der Waals surface area contributed by atoms with Crippen LogP contribution in [0.25, 0.3) is 0 Å². The van der Waals surface area contributed by atoms with Gasteiger partial charge in [-0.3, -0.25) is 4.79 Å². The Hall–Kier alpha value is -1.39. The van der Waals surface area contributed by atoms with Gasteiger partial charge in [0, 0.05) is 20.7 Å². The highest BCUT2D eigenvalue weighted by Crippen LogP contribution is 2.09. The lowest BCUT2D eigenvalue weighted by Crippen LogP contribution is -2.43. The molecule has 112 valence electrons. The van der Waals surface area contributed by atoms with E-state index in [9.17, 15) is 4.79 Å². The first-order chi connectivity index (χ1) is 9.56. The number of methoxy groups -OCH3 is 1. The van der Waals surface area contributed by atoms with E-state index in [0.29, 0.717) is 19.1 Å². The van der Waals surface area contributed by atoms with E-state index in [1.165, 1.54) is 0 Å². The molecule has 0 aliphatic rings. The van der Waals surface area contributed by atoms with Crippen LogP contribution in [-0.4, -0.2) is 26.1 Å². The summed E-state index contributed by atoms with van der Waals surface area (Å²) >= 11 is 0. The molecule has 1 atom stereocenters. The number of ether oxygens (including phenoxy) is 1. The minimum atomic E-state index is -0.147. The minimum Gasteiger partial charge on any atom is -0.380 e. The Bertz CT molecular complexity index is 419. The number of likely N-dealkylation sites (N-methyl/N-ethyl adjacent to an activating group) is 1. The van der Waals surface area contributed by atoms with Crippen molar-refractivity contribution in [3.63, 3.8) is 0 Å². The van der Waals surface area contributed by atoms with Crippen LogP contribution in [0.4, 0.5) is 0 Å². The first-order valence-electron chi connectivity index (χ1n) is 7.08. The fourth-order valence-electron chi connectivity index (χ4n) is 2.17. The summed E-state index contributed by atoms with van der Waals surface area (Å²) in [5, 5.41) is 6.05. The molecule has 1 unspecified atom stereocenters. The normalized spacial score (nSPS) is 12.4. The van der Waals surface area contributed by atoms with Gasteiger partial charge >= 0.3 is 0 Å². The predicted molar refractivity (Wildman–Crippen MR) is 81.3 cm³/mol. The summed E-state index contributed by atoms with van der Waals surface area (Å²) in [7, 11) is 3.37. The molecule has 1 aromatic carbocycles. The molecule has 0 spiro atoms. The van der Waals surface area contributed by atoms with Crippen molar-refractivity contribution < 1.29 is 9.53 Å². The molecule has 1 aromatic rings. The monoisotopic (exact) mass is 278 g/mol. The van der Waals surface area contributed by atoms with Crippen molar-refractivity contribution in [2.24, 2.45) is 5.92 Å². The molecule has 0 fully saturated rings. The molecule has 0 aliphatic carbocycles. The summed E-state index contributed by atoms with van der Waals surface area (Å²) in [4.78, 5) is 11.8. The summed E-state index contributed by atoms with van der Waals surface area (Å²) in [5.74, 6) is 0.524. The van der Waals surface area contributed by atoms with Gasteiger partial charge in [-0.1, -0.05) is 38.1 Å². The summed E-state index contributed by atoms with van der Waals surface area (Å²) in [6.45, 7) is 5.54. The molecule has 2 N–H and O–H groups in total. The number of benzene rings is 1. The molecular formula is C16H26N2O2. The smallest absolute Gasteiger partial charge is 0.236 e. The van der Waals surface area contributed by atoms with E-state index in [1.807, 2.05) is 12.1 Å². The predicted octanol–water partition coefficient (Wildman–Crippen LogP) is 2.08. The fourth-order valence-corrected chi connectivity index (χ4v) is 2.17. The van der Waals surface area contributed by atoms with Crippen molar-refractivity contribution in [1.29, 1.82) is 0 Å². The average Bonchev–Trinajstić information content (AvgIpc) is 2.43. The topological polar surface area (TPSA) is 50.4 Å². The van der Waals surface area contributed by atoms with Crippen LogP contribution < -0.4 is 10.6 Å². The van der Waals surface area contributed by atoms with Crippen LogP contribution in [0.3, 0.4) is 0 Å². The lowest BCUT2D eigenvalue weighted by molar-refractivity contribution is -0.123. The third-order valence-electron chi connectivity index (χ3n) is 3.12. The van der Waals surface area contributed by atoms with Crippen molar-refractivity contribution in [2.75, 3.05) is 14.2 Å². The highest BCUT2D eigenvalue weighted by atomic mass is 16.5. The molecule has 0 saturated carbocycles. The second kappa shape index (κ2) is 8.72. The van der Waals surface area contributed by atoms with Crippen LogP contribution in [0.2, 0.25) is 0 Å². The Kier molecular flexibility index (Phi) is 7.26. The Labute approximate surface area is 121 Å². The molecule has 0 aliphatic heterocycles. The SMILES string of the molecule is CNC(=O)C(CC(C)C)NCc1cccc(COC)c1. The average molecular weight is 278 g/mol. The maximum atomic E-state index is 11.8. The van der Waals surface area contributed by atoms with Gasteiger partial charge in [0.15, 0.2) is 0 Å². The molecule has 0 saturated heterocycles. The summed E-state index contributed by atoms with van der Waals surface area (Å²) in [6.07, 6.45) is 0.831. The van der Waals surface area contributed by atoms with Crippen molar-refractivity contribution in [1.82, 2.24) is 10.6 Å². The summed E-state index contributed by atoms with van der Waals surface area (Å²) in [5.41, 5.74) is 2.31. The largest absolute Gasteiger partial charge is 0.380 e. The van der Waals surface area contributed by atoms with Crippen LogP contribution in [0.15, 0.2) is 24.3 Å². The van der Waals surface area contributed by atoms with E-state index in [-0.39, 0.29) is 11.9 Å². The number of carbonyl (C=O) groups is 1. The van der Waals surface area contributed by atoms with Crippen LogP contribution in [0, 0.1) is 5.92 Å². The van der Waals surface area contributed by atoms with E-state index in [4.69, 9.17) is 4.74 Å². The molecule has 1 amide bonds. The quantitative estimate of drug-likeness (QED) is 0.765. The van der Waals surface area contributed by atoms with E-state index in [1.54, 1.807) is 14.2 Å². The van der Waals surface area contributed by atoms with E-state index < -0.39 is 0 Å². The maximum absolute atomic E-state index is 11.8. The number of amides is 1. The van der Waals surface area contributed by atoms with Crippen LogP contribution in [0.1, 0.15) is 31.4 Å². The number of hydrogen-bond acceptors (Lipinski definition) is 3. The van der Waals surface area contributed by atoms with Gasteiger partial charge in [-0.2, -0.15) is 0 Å². The van der Waals surface area contributed by atoms with Crippen molar-refractivity contribution in [2.45, 2.75) is 39.5 Å². The third kappa shape index (κ3) is 5.72. The van der Waals surface area contributed by atoms with Gasteiger partial charge in [-0.15, -0.1) is 0 Å². The molecule has 4 nitrogen and oxygen atoms in total. The maximum Gasteiger partial charge on any atom is 0.236 e. The highest BCUT2D eigenvalue weighted by Gasteiger charge is 2.17. The van der Waals surface area contributed by atoms with Crippen LogP contribution in [-0.2, 0) is 22.7 Å². The van der Waals surface area contributed by atoms with Gasteiger partial charge in [0.1, 0.15) is 0 Å². The fraction of sp³-hybridized carbons (Fsp3) is 0.562. The minimum absolute atomic E-state index is 0.0479. The highest BCUT2D eigenvalue weighted by molar-refractivity contribution is 5.81. The number of rotatable bonds is 8. The van der Waals surface area contributed by atoms with Crippen molar-refractivity contribution in [3.8, 4) is 0 Å². The molecule has 0 heterocycles. The van der Waals surface area contributed by atoms with Gasteiger partial charge in [-0.05, 0) is 23.5 Å². The van der Waals surface area contributed by atoms with E-state index >= 15 is 0 Å². The molecular weight excluding hydrogens is 252 g/mol. The summed E-state index contributed by atoms with van der Waals surface area (Å²) < 4.78 is 5.13. The van der Waals surface area contributed by atoms with Gasteiger partial charge in [0.25, 0.3) is 0 Å². The number of carbonyl (C=O) groups excluding carboxylic acids is 1. The van der Waals surface area contributed by atoms with Crippen molar-refractivity contribution in [3.05, 3.63) is 35.4 Å². The first kappa shape index (κ1) is 16.7. The van der Waals surface area contributed by atoms with Gasteiger partial charge < -0.3 is 15.4 Å². The van der Waals surface area contributed by atoms with Gasteiger partial charge in [0.05, 0.1) is 12.6 Å². The van der Waals surface area contributed by atoms with Crippen molar-refractivity contribution >= 4 is 5.91 Å². The standard InChI is InChI=1S/C16H26N2O2/c1-12(2)8-15(16(19)17-3)18-10-13-6-5-7-14(9-13)11-20-4/h5-7,9,12,15,18H,8,10-11H2,1-4H3,(H,17,19). The molecule has 4 heteroatoms. The third-order valence-corrected chi connectivity index (χ3v) is 3.12. The van der Waals surface area contributed by atoms with Crippen LogP contribution in [0.5, 0.6) is 0 Å². The van der Waals surface area contributed by atoms with E-state index in [2.05, 4.69) is 36.6 Å². The Morgan fingerprint density at radius 1 is 1.30 bits per heavy atom. The zero-order valence-corrected chi connectivity index (χ0v) is 12.9. The Morgan fingerprint density at radius 2 is 2.00 bits per heavy atom. The zero-order chi connectivity index (χ0) is 15.0. The molecule has 1 rings (SSSR count). The van der Waals surface area contributed by atoms with Crippen LogP contribution >= 0.6 is 0 Å². The lowest BCUT2D eigenvalue weighted by Gasteiger charge is -2.19.